The van der Waals surface area contributed by atoms with Gasteiger partial charge in [-0.1, -0.05) is 48.7 Å². The SMILES string of the molecule is Cc1c(Cl)cccc1NC(=O)CSC1=C(C#N)C2(CCCCC2)[C@H](C#N)C(=O)N1. The zero-order valence-electron chi connectivity index (χ0n) is 16.0. The molecule has 150 valence electrons. The van der Waals surface area contributed by atoms with E-state index in [0.717, 1.165) is 36.6 Å². The molecular formula is C21H21ClN4O2S. The van der Waals surface area contributed by atoms with Crippen LogP contribution in [0, 0.1) is 40.9 Å². The Labute approximate surface area is 179 Å². The number of hydrogen-bond donors (Lipinski definition) is 2. The Balaban J connectivity index is 1.80. The van der Waals surface area contributed by atoms with Crippen LogP contribution in [0.5, 0.6) is 0 Å². The van der Waals surface area contributed by atoms with E-state index < -0.39 is 11.3 Å². The monoisotopic (exact) mass is 428 g/mol. The molecule has 0 radical (unpaired) electrons. The van der Waals surface area contributed by atoms with Crippen LogP contribution in [0.1, 0.15) is 37.7 Å². The summed E-state index contributed by atoms with van der Waals surface area (Å²) in [5.74, 6) is -1.49. The van der Waals surface area contributed by atoms with Gasteiger partial charge in [0.15, 0.2) is 0 Å². The molecule has 1 heterocycles. The predicted octanol–water partition coefficient (Wildman–Crippen LogP) is 4.28. The lowest BCUT2D eigenvalue weighted by atomic mass is 9.61. The van der Waals surface area contributed by atoms with E-state index in [9.17, 15) is 20.1 Å². The van der Waals surface area contributed by atoms with Gasteiger partial charge in [0.05, 0.1) is 28.5 Å². The van der Waals surface area contributed by atoms with Crippen molar-refractivity contribution in [2.75, 3.05) is 11.1 Å². The maximum atomic E-state index is 12.6. The minimum Gasteiger partial charge on any atom is -0.325 e. The fraction of sp³-hybridized carbons (Fsp3) is 0.429. The number of nitrogens with one attached hydrogen (secondary N) is 2. The molecule has 3 rings (SSSR count). The summed E-state index contributed by atoms with van der Waals surface area (Å²) < 4.78 is 0. The number of carbonyl (C=O) groups excluding carboxylic acids is 2. The number of nitrogens with zero attached hydrogens (tertiary/aromatic N) is 2. The molecule has 8 heteroatoms. The summed E-state index contributed by atoms with van der Waals surface area (Å²) in [5, 5.41) is 25.9. The molecule has 2 N–H and O–H groups in total. The smallest absolute Gasteiger partial charge is 0.243 e. The number of halogens is 1. The highest BCUT2D eigenvalue weighted by molar-refractivity contribution is 8.03. The zero-order valence-corrected chi connectivity index (χ0v) is 17.6. The number of hydrogen-bond acceptors (Lipinski definition) is 5. The standard InChI is InChI=1S/C21H21ClN4O2S/c1-13-16(22)6-5-7-17(13)25-18(27)12-29-20-15(11-24)21(8-3-2-4-9-21)14(10-23)19(28)26-20/h5-7,14H,2-4,8-9,12H2,1H3,(H,25,27)(H,26,28)/t14-/m1/s1. The van der Waals surface area contributed by atoms with Gasteiger partial charge < -0.3 is 10.6 Å². The maximum absolute atomic E-state index is 12.6. The van der Waals surface area contributed by atoms with E-state index in [2.05, 4.69) is 22.8 Å². The van der Waals surface area contributed by atoms with Gasteiger partial charge in [-0.05, 0) is 37.5 Å². The predicted molar refractivity (Wildman–Crippen MR) is 113 cm³/mol. The molecule has 1 fully saturated rings. The van der Waals surface area contributed by atoms with Crippen LogP contribution in [-0.4, -0.2) is 17.6 Å². The number of amides is 2. The van der Waals surface area contributed by atoms with Crippen molar-refractivity contribution in [3.8, 4) is 12.1 Å². The molecule has 1 aliphatic heterocycles. The summed E-state index contributed by atoms with van der Waals surface area (Å²) in [4.78, 5) is 25.0. The van der Waals surface area contributed by atoms with Crippen LogP contribution in [0.4, 0.5) is 5.69 Å². The van der Waals surface area contributed by atoms with Crippen molar-refractivity contribution >= 4 is 40.9 Å². The Bertz CT molecular complexity index is 954. The van der Waals surface area contributed by atoms with E-state index >= 15 is 0 Å². The van der Waals surface area contributed by atoms with E-state index in [0.29, 0.717) is 34.2 Å². The number of thioether (sulfide) groups is 1. The molecule has 0 aromatic heterocycles. The topological polar surface area (TPSA) is 106 Å². The summed E-state index contributed by atoms with van der Waals surface area (Å²) in [6, 6.07) is 9.61. The highest BCUT2D eigenvalue weighted by Crippen LogP contribution is 2.51. The van der Waals surface area contributed by atoms with Gasteiger partial charge in [0, 0.05) is 16.1 Å². The second-order valence-electron chi connectivity index (χ2n) is 7.33. The third-order valence-electron chi connectivity index (χ3n) is 5.65. The van der Waals surface area contributed by atoms with E-state index in [4.69, 9.17) is 11.6 Å². The summed E-state index contributed by atoms with van der Waals surface area (Å²) in [5.41, 5.74) is 1.08. The third kappa shape index (κ3) is 4.12. The fourth-order valence-electron chi connectivity index (χ4n) is 4.11. The second-order valence-corrected chi connectivity index (χ2v) is 8.73. The molecule has 6 nitrogen and oxygen atoms in total. The van der Waals surface area contributed by atoms with Crippen LogP contribution in [0.25, 0.3) is 0 Å². The molecule has 1 aromatic carbocycles. The average Bonchev–Trinajstić information content (AvgIpc) is 2.70. The lowest BCUT2D eigenvalue weighted by Gasteiger charge is -2.43. The van der Waals surface area contributed by atoms with Crippen molar-refractivity contribution in [1.29, 1.82) is 10.5 Å². The number of allylic oxidation sites excluding steroid dienone is 1. The number of nitriles is 2. The van der Waals surface area contributed by atoms with Crippen molar-refractivity contribution in [2.45, 2.75) is 39.0 Å². The third-order valence-corrected chi connectivity index (χ3v) is 7.06. The zero-order chi connectivity index (χ0) is 21.0. The highest BCUT2D eigenvalue weighted by Gasteiger charge is 2.51. The molecule has 1 aromatic rings. The van der Waals surface area contributed by atoms with Crippen molar-refractivity contribution in [3.05, 3.63) is 39.4 Å². The first-order valence-electron chi connectivity index (χ1n) is 9.46. The number of anilines is 1. The van der Waals surface area contributed by atoms with Crippen LogP contribution >= 0.6 is 23.4 Å². The van der Waals surface area contributed by atoms with Gasteiger partial charge in [-0.3, -0.25) is 9.59 Å². The number of rotatable bonds is 4. The molecule has 1 spiro atoms. The molecule has 1 saturated carbocycles. The van der Waals surface area contributed by atoms with Gasteiger partial charge in [0.25, 0.3) is 0 Å². The van der Waals surface area contributed by atoms with Crippen molar-refractivity contribution in [3.63, 3.8) is 0 Å². The lowest BCUT2D eigenvalue weighted by Crippen LogP contribution is -2.48. The van der Waals surface area contributed by atoms with Crippen molar-refractivity contribution in [2.24, 2.45) is 11.3 Å². The molecule has 2 aliphatic rings. The summed E-state index contributed by atoms with van der Waals surface area (Å²) in [6.45, 7) is 1.82. The molecule has 0 unspecified atom stereocenters. The van der Waals surface area contributed by atoms with E-state index in [1.807, 2.05) is 6.92 Å². The van der Waals surface area contributed by atoms with Crippen LogP contribution in [0.2, 0.25) is 5.02 Å². The Morgan fingerprint density at radius 2 is 2.07 bits per heavy atom. The minimum absolute atomic E-state index is 0.0278. The van der Waals surface area contributed by atoms with Crippen LogP contribution in [-0.2, 0) is 9.59 Å². The van der Waals surface area contributed by atoms with Gasteiger partial charge in [0.1, 0.15) is 5.92 Å². The number of carbonyl (C=O) groups is 2. The highest BCUT2D eigenvalue weighted by atomic mass is 35.5. The van der Waals surface area contributed by atoms with Crippen molar-refractivity contribution in [1.82, 2.24) is 5.32 Å². The molecule has 1 atom stereocenters. The summed E-state index contributed by atoms with van der Waals surface area (Å²) in [6.07, 6.45) is 4.06. The number of benzene rings is 1. The quantitative estimate of drug-likeness (QED) is 0.744. The first-order chi connectivity index (χ1) is 13.9. The molecular weight excluding hydrogens is 408 g/mol. The van der Waals surface area contributed by atoms with Crippen LogP contribution in [0.15, 0.2) is 28.8 Å². The van der Waals surface area contributed by atoms with Gasteiger partial charge in [-0.25, -0.2) is 0 Å². The van der Waals surface area contributed by atoms with Gasteiger partial charge in [-0.2, -0.15) is 10.5 Å². The average molecular weight is 429 g/mol. The first-order valence-corrected chi connectivity index (χ1v) is 10.8. The Hall–Kier alpha value is -2.48. The Morgan fingerprint density at radius 1 is 1.34 bits per heavy atom. The van der Waals surface area contributed by atoms with Gasteiger partial charge in [0.2, 0.25) is 11.8 Å². The van der Waals surface area contributed by atoms with Gasteiger partial charge in [-0.15, -0.1) is 0 Å². The Kier molecular flexibility index (Phi) is 6.52. The summed E-state index contributed by atoms with van der Waals surface area (Å²) >= 11 is 7.21. The Morgan fingerprint density at radius 3 is 2.72 bits per heavy atom. The molecule has 2 amide bonds. The van der Waals surface area contributed by atoms with Gasteiger partial charge >= 0.3 is 0 Å². The largest absolute Gasteiger partial charge is 0.325 e. The van der Waals surface area contributed by atoms with Crippen LogP contribution in [0.3, 0.4) is 0 Å². The van der Waals surface area contributed by atoms with E-state index in [1.165, 1.54) is 0 Å². The fourth-order valence-corrected chi connectivity index (χ4v) is 5.20. The first kappa shape index (κ1) is 21.2. The second kappa shape index (κ2) is 8.90. The molecule has 1 aliphatic carbocycles. The van der Waals surface area contributed by atoms with E-state index in [1.54, 1.807) is 18.2 Å². The van der Waals surface area contributed by atoms with Crippen LogP contribution < -0.4 is 10.6 Å². The lowest BCUT2D eigenvalue weighted by molar-refractivity contribution is -0.126. The van der Waals surface area contributed by atoms with E-state index in [-0.39, 0.29) is 17.6 Å². The molecule has 0 bridgehead atoms. The minimum atomic E-state index is -0.871. The molecule has 29 heavy (non-hydrogen) atoms. The molecule has 0 saturated heterocycles. The van der Waals surface area contributed by atoms with Crippen molar-refractivity contribution < 1.29 is 9.59 Å². The maximum Gasteiger partial charge on any atom is 0.243 e. The summed E-state index contributed by atoms with van der Waals surface area (Å²) in [7, 11) is 0. The normalized spacial score (nSPS) is 20.6.